The normalized spacial score (nSPS) is 34.5. The summed E-state index contributed by atoms with van der Waals surface area (Å²) in [5.41, 5.74) is -0.864. The third kappa shape index (κ3) is 1.35. The molecule has 0 aromatic carbocycles. The molecule has 0 amide bonds. The minimum atomic E-state index is -0.717. The molecule has 1 rings (SSSR count). The van der Waals surface area contributed by atoms with Gasteiger partial charge in [-0.25, -0.2) is 0 Å². The lowest BCUT2D eigenvalue weighted by Gasteiger charge is -2.50. The Hall–Kier alpha value is -0.570. The molecule has 1 heterocycles. The van der Waals surface area contributed by atoms with Crippen LogP contribution in [0.4, 0.5) is 0 Å². The molecule has 3 nitrogen and oxygen atoms in total. The first-order chi connectivity index (χ1) is 5.82. The van der Waals surface area contributed by atoms with Gasteiger partial charge < -0.3 is 5.11 Å². The first-order valence-electron chi connectivity index (χ1n) is 4.77. The molecule has 0 spiro atoms. The van der Waals surface area contributed by atoms with Gasteiger partial charge in [0.05, 0.1) is 0 Å². The summed E-state index contributed by atoms with van der Waals surface area (Å²) in [5.74, 6) is -0.709. The molecule has 0 aliphatic carbocycles. The summed E-state index contributed by atoms with van der Waals surface area (Å²) in [7, 11) is 1.90. The number of aliphatic carboxylic acids is 1. The Labute approximate surface area is 79.7 Å². The van der Waals surface area contributed by atoms with Crippen LogP contribution in [0.5, 0.6) is 0 Å². The molecule has 0 aromatic heterocycles. The zero-order valence-corrected chi connectivity index (χ0v) is 8.92. The molecular weight excluding hydrogens is 166 g/mol. The average Bonchev–Trinajstić information content (AvgIpc) is 1.99. The first-order valence-corrected chi connectivity index (χ1v) is 4.77. The maximum Gasteiger partial charge on any atom is 0.324 e. The van der Waals surface area contributed by atoms with E-state index in [1.807, 2.05) is 32.7 Å². The summed E-state index contributed by atoms with van der Waals surface area (Å²) in [4.78, 5) is 13.2. The zero-order valence-electron chi connectivity index (χ0n) is 8.92. The largest absolute Gasteiger partial charge is 0.480 e. The van der Waals surface area contributed by atoms with Crippen molar-refractivity contribution >= 4 is 5.97 Å². The van der Waals surface area contributed by atoms with Gasteiger partial charge in [0.2, 0.25) is 0 Å². The van der Waals surface area contributed by atoms with Crippen molar-refractivity contribution in [2.45, 2.75) is 39.2 Å². The molecule has 3 heteroatoms. The Morgan fingerprint density at radius 3 is 2.23 bits per heavy atom. The lowest BCUT2D eigenvalue weighted by Crippen LogP contribution is -2.62. The van der Waals surface area contributed by atoms with Gasteiger partial charge in [-0.15, -0.1) is 0 Å². The summed E-state index contributed by atoms with van der Waals surface area (Å²) in [6, 6.07) is 0. The summed E-state index contributed by atoms with van der Waals surface area (Å²) < 4.78 is 0. The van der Waals surface area contributed by atoms with Gasteiger partial charge in [0, 0.05) is 0 Å². The highest BCUT2D eigenvalue weighted by Gasteiger charge is 2.52. The third-order valence-electron chi connectivity index (χ3n) is 3.79. The molecular formula is C10H19NO2. The summed E-state index contributed by atoms with van der Waals surface area (Å²) in [5, 5.41) is 9.26. The zero-order chi connectivity index (χ0) is 10.3. The minimum Gasteiger partial charge on any atom is -0.480 e. The van der Waals surface area contributed by atoms with Gasteiger partial charge >= 0.3 is 5.97 Å². The number of hydrogen-bond donors (Lipinski definition) is 1. The first kappa shape index (κ1) is 10.5. The van der Waals surface area contributed by atoms with Gasteiger partial charge in [-0.2, -0.15) is 0 Å². The van der Waals surface area contributed by atoms with Crippen LogP contribution >= 0.6 is 0 Å². The van der Waals surface area contributed by atoms with Crippen molar-refractivity contribution < 1.29 is 9.90 Å². The van der Waals surface area contributed by atoms with Crippen molar-refractivity contribution in [3.05, 3.63) is 0 Å². The van der Waals surface area contributed by atoms with E-state index in [0.717, 1.165) is 19.4 Å². The van der Waals surface area contributed by atoms with Gasteiger partial charge in [0.1, 0.15) is 5.54 Å². The Morgan fingerprint density at radius 1 is 1.38 bits per heavy atom. The Kier molecular flexibility index (Phi) is 2.41. The van der Waals surface area contributed by atoms with E-state index in [-0.39, 0.29) is 5.41 Å². The van der Waals surface area contributed by atoms with Gasteiger partial charge in [-0.05, 0) is 38.8 Å². The third-order valence-corrected chi connectivity index (χ3v) is 3.79. The van der Waals surface area contributed by atoms with Crippen LogP contribution < -0.4 is 0 Å². The molecule has 0 aromatic rings. The maximum atomic E-state index is 11.3. The molecule has 13 heavy (non-hydrogen) atoms. The van der Waals surface area contributed by atoms with Crippen LogP contribution in [-0.4, -0.2) is 35.1 Å². The van der Waals surface area contributed by atoms with Crippen molar-refractivity contribution in [3.8, 4) is 0 Å². The average molecular weight is 185 g/mol. The van der Waals surface area contributed by atoms with E-state index in [0.29, 0.717) is 0 Å². The van der Waals surface area contributed by atoms with E-state index < -0.39 is 11.5 Å². The van der Waals surface area contributed by atoms with E-state index >= 15 is 0 Å². The fraction of sp³-hybridized carbons (Fsp3) is 0.900. The molecule has 0 saturated carbocycles. The second kappa shape index (κ2) is 2.98. The number of likely N-dealkylation sites (tertiary alicyclic amines) is 1. The van der Waals surface area contributed by atoms with Crippen LogP contribution in [0.25, 0.3) is 0 Å². The van der Waals surface area contributed by atoms with E-state index in [9.17, 15) is 9.90 Å². The van der Waals surface area contributed by atoms with E-state index in [1.165, 1.54) is 0 Å². The molecule has 1 fully saturated rings. The highest BCUT2D eigenvalue weighted by atomic mass is 16.4. The van der Waals surface area contributed by atoms with Crippen LogP contribution in [0.2, 0.25) is 0 Å². The van der Waals surface area contributed by atoms with E-state index in [2.05, 4.69) is 0 Å². The highest BCUT2D eigenvalue weighted by Crippen LogP contribution is 2.42. The molecule has 0 radical (unpaired) electrons. The fourth-order valence-corrected chi connectivity index (χ4v) is 2.19. The lowest BCUT2D eigenvalue weighted by atomic mass is 9.67. The molecule has 1 unspecified atom stereocenters. The van der Waals surface area contributed by atoms with Crippen molar-refractivity contribution in [1.82, 2.24) is 4.90 Å². The van der Waals surface area contributed by atoms with Crippen molar-refractivity contribution in [3.63, 3.8) is 0 Å². The Morgan fingerprint density at radius 2 is 1.92 bits per heavy atom. The Balaban J connectivity index is 3.05. The molecule has 1 aliphatic heterocycles. The quantitative estimate of drug-likeness (QED) is 0.674. The van der Waals surface area contributed by atoms with Crippen molar-refractivity contribution in [1.29, 1.82) is 0 Å². The van der Waals surface area contributed by atoms with Gasteiger partial charge in [-0.1, -0.05) is 13.8 Å². The predicted molar refractivity (Wildman–Crippen MR) is 51.7 cm³/mol. The Bertz CT molecular complexity index is 225. The summed E-state index contributed by atoms with van der Waals surface area (Å²) >= 11 is 0. The van der Waals surface area contributed by atoms with Crippen LogP contribution in [-0.2, 0) is 4.79 Å². The van der Waals surface area contributed by atoms with Gasteiger partial charge in [0.25, 0.3) is 0 Å². The van der Waals surface area contributed by atoms with Gasteiger partial charge in [0.15, 0.2) is 0 Å². The van der Waals surface area contributed by atoms with Crippen LogP contribution in [0.1, 0.15) is 33.6 Å². The highest BCUT2D eigenvalue weighted by molar-refractivity contribution is 5.79. The molecule has 1 N–H and O–H groups in total. The fourth-order valence-electron chi connectivity index (χ4n) is 2.19. The molecule has 76 valence electrons. The number of piperidine rings is 1. The predicted octanol–water partition coefficient (Wildman–Crippen LogP) is 1.58. The number of carbonyl (C=O) groups is 1. The number of carboxylic acids is 1. The molecule has 0 bridgehead atoms. The van der Waals surface area contributed by atoms with E-state index in [4.69, 9.17) is 0 Å². The second-order valence-corrected chi connectivity index (χ2v) is 4.79. The van der Waals surface area contributed by atoms with E-state index in [1.54, 1.807) is 0 Å². The second-order valence-electron chi connectivity index (χ2n) is 4.79. The maximum absolute atomic E-state index is 11.3. The summed E-state index contributed by atoms with van der Waals surface area (Å²) in [6.07, 6.45) is 2.08. The monoisotopic (exact) mass is 185 g/mol. The van der Waals surface area contributed by atoms with Crippen LogP contribution in [0, 0.1) is 5.41 Å². The van der Waals surface area contributed by atoms with Crippen molar-refractivity contribution in [2.24, 2.45) is 5.41 Å². The minimum absolute atomic E-state index is 0.147. The standard InChI is InChI=1S/C10H19NO2/c1-9(2)6-5-7-11(4)10(9,3)8(12)13/h5-7H2,1-4H3,(H,12,13). The number of likely N-dealkylation sites (N-methyl/N-ethyl adjacent to an activating group) is 1. The van der Waals surface area contributed by atoms with Crippen LogP contribution in [0.3, 0.4) is 0 Å². The summed E-state index contributed by atoms with van der Waals surface area (Å²) in [6.45, 7) is 6.79. The SMILES string of the molecule is CN1CCCC(C)(C)C1(C)C(=O)O. The number of hydrogen-bond acceptors (Lipinski definition) is 2. The molecule has 1 saturated heterocycles. The smallest absolute Gasteiger partial charge is 0.324 e. The lowest BCUT2D eigenvalue weighted by molar-refractivity contribution is -0.162. The molecule has 1 atom stereocenters. The van der Waals surface area contributed by atoms with Gasteiger partial charge in [-0.3, -0.25) is 9.69 Å². The number of carboxylic acid groups (broad SMARTS) is 1. The number of nitrogens with zero attached hydrogens (tertiary/aromatic N) is 1. The van der Waals surface area contributed by atoms with Crippen molar-refractivity contribution in [2.75, 3.05) is 13.6 Å². The molecule has 1 aliphatic rings. The van der Waals surface area contributed by atoms with Crippen LogP contribution in [0.15, 0.2) is 0 Å². The topological polar surface area (TPSA) is 40.5 Å². The number of rotatable bonds is 1.